The first-order valence-corrected chi connectivity index (χ1v) is 6.91. The predicted molar refractivity (Wildman–Crippen MR) is 79.0 cm³/mol. The summed E-state index contributed by atoms with van der Waals surface area (Å²) in [5, 5.41) is 9.93. The maximum atomic E-state index is 12.2. The Kier molecular flexibility index (Phi) is 3.41. The van der Waals surface area contributed by atoms with E-state index in [0.29, 0.717) is 12.4 Å². The minimum atomic E-state index is -1.13. The molecule has 5 heteroatoms. The molecule has 1 heterocycles. The van der Waals surface area contributed by atoms with Gasteiger partial charge in [0, 0.05) is 13.8 Å². The molecule has 0 spiro atoms. The number of cyclic esters (lactones) is 1. The van der Waals surface area contributed by atoms with Crippen molar-refractivity contribution >= 4 is 5.97 Å². The molecule has 0 fully saturated rings. The summed E-state index contributed by atoms with van der Waals surface area (Å²) in [7, 11) is 0. The molecule has 3 rings (SSSR count). The number of aromatic hydroxyl groups is 1. The Balaban J connectivity index is 1.92. The van der Waals surface area contributed by atoms with Crippen LogP contribution in [-0.2, 0) is 11.3 Å². The molecule has 0 saturated heterocycles. The highest BCUT2D eigenvalue weighted by Gasteiger charge is 2.38. The Labute approximate surface area is 128 Å². The normalized spacial score (nSPS) is 15.5. The number of fused-ring (bicyclic) bond motifs is 1. The van der Waals surface area contributed by atoms with Crippen molar-refractivity contribution < 1.29 is 24.1 Å². The number of ether oxygens (including phenoxy) is 3. The van der Waals surface area contributed by atoms with Crippen molar-refractivity contribution in [3.63, 3.8) is 0 Å². The number of esters is 1. The van der Waals surface area contributed by atoms with Crippen LogP contribution in [0.5, 0.6) is 17.2 Å². The summed E-state index contributed by atoms with van der Waals surface area (Å²) < 4.78 is 16.4. The SMILES string of the molecule is CC1(C)OC(=O)c2c(OCc3ccccc3)ccc(O)c2O1. The zero-order chi connectivity index (χ0) is 15.7. The summed E-state index contributed by atoms with van der Waals surface area (Å²) in [6.07, 6.45) is 0. The van der Waals surface area contributed by atoms with Gasteiger partial charge in [-0.1, -0.05) is 30.3 Å². The Morgan fingerprint density at radius 2 is 1.82 bits per heavy atom. The van der Waals surface area contributed by atoms with Gasteiger partial charge in [0.15, 0.2) is 11.5 Å². The number of phenols is 1. The fraction of sp³-hybridized carbons (Fsp3) is 0.235. The van der Waals surface area contributed by atoms with Crippen LogP contribution < -0.4 is 9.47 Å². The van der Waals surface area contributed by atoms with Crippen LogP contribution in [0.25, 0.3) is 0 Å². The van der Waals surface area contributed by atoms with Gasteiger partial charge in [0.1, 0.15) is 17.9 Å². The second kappa shape index (κ2) is 5.26. The number of carbonyl (C=O) groups is 1. The molecular weight excluding hydrogens is 284 g/mol. The highest BCUT2D eigenvalue weighted by atomic mass is 16.7. The van der Waals surface area contributed by atoms with E-state index in [9.17, 15) is 9.90 Å². The van der Waals surface area contributed by atoms with Gasteiger partial charge in [0.05, 0.1) is 0 Å². The van der Waals surface area contributed by atoms with Crippen LogP contribution in [0.1, 0.15) is 29.8 Å². The summed E-state index contributed by atoms with van der Waals surface area (Å²) in [5.74, 6) is -1.42. The van der Waals surface area contributed by atoms with Crippen molar-refractivity contribution in [2.24, 2.45) is 0 Å². The van der Waals surface area contributed by atoms with Crippen LogP contribution in [0.2, 0.25) is 0 Å². The first-order valence-electron chi connectivity index (χ1n) is 6.91. The number of carbonyl (C=O) groups excluding carboxylic acids is 1. The lowest BCUT2D eigenvalue weighted by Gasteiger charge is -2.32. The van der Waals surface area contributed by atoms with E-state index >= 15 is 0 Å². The third-order valence-electron chi connectivity index (χ3n) is 3.23. The number of hydrogen-bond acceptors (Lipinski definition) is 5. The molecule has 0 aromatic heterocycles. The Morgan fingerprint density at radius 1 is 1.09 bits per heavy atom. The van der Waals surface area contributed by atoms with E-state index in [0.717, 1.165) is 5.56 Å². The highest BCUT2D eigenvalue weighted by Crippen LogP contribution is 2.43. The summed E-state index contributed by atoms with van der Waals surface area (Å²) in [5.41, 5.74) is 1.07. The van der Waals surface area contributed by atoms with E-state index in [1.807, 2.05) is 30.3 Å². The molecule has 5 nitrogen and oxygen atoms in total. The minimum Gasteiger partial charge on any atom is -0.504 e. The van der Waals surface area contributed by atoms with E-state index in [4.69, 9.17) is 14.2 Å². The molecule has 0 aliphatic carbocycles. The second-order valence-corrected chi connectivity index (χ2v) is 5.45. The highest BCUT2D eigenvalue weighted by molar-refractivity contribution is 5.97. The van der Waals surface area contributed by atoms with Gasteiger partial charge < -0.3 is 19.3 Å². The zero-order valence-corrected chi connectivity index (χ0v) is 12.3. The molecule has 0 unspecified atom stereocenters. The molecule has 1 aliphatic heterocycles. The third-order valence-corrected chi connectivity index (χ3v) is 3.23. The lowest BCUT2D eigenvalue weighted by molar-refractivity contribution is -0.128. The number of rotatable bonds is 3. The van der Waals surface area contributed by atoms with E-state index in [-0.39, 0.29) is 17.1 Å². The van der Waals surface area contributed by atoms with Crippen LogP contribution >= 0.6 is 0 Å². The number of hydrogen-bond donors (Lipinski definition) is 1. The fourth-order valence-corrected chi connectivity index (χ4v) is 2.25. The molecule has 0 bridgehead atoms. The van der Waals surface area contributed by atoms with Gasteiger partial charge in [0.25, 0.3) is 0 Å². The molecule has 114 valence electrons. The fourth-order valence-electron chi connectivity index (χ4n) is 2.25. The van der Waals surface area contributed by atoms with Crippen molar-refractivity contribution in [1.82, 2.24) is 0 Å². The molecule has 0 radical (unpaired) electrons. The smallest absolute Gasteiger partial charge is 0.349 e. The Morgan fingerprint density at radius 3 is 2.55 bits per heavy atom. The molecule has 1 N–H and O–H groups in total. The van der Waals surface area contributed by atoms with E-state index in [1.165, 1.54) is 12.1 Å². The molecule has 0 atom stereocenters. The third kappa shape index (κ3) is 2.70. The van der Waals surface area contributed by atoms with Crippen molar-refractivity contribution in [2.75, 3.05) is 0 Å². The maximum Gasteiger partial charge on any atom is 0.349 e. The van der Waals surface area contributed by atoms with Gasteiger partial charge in [0.2, 0.25) is 5.79 Å². The summed E-state index contributed by atoms with van der Waals surface area (Å²) in [6.45, 7) is 3.50. The molecular formula is C17H16O5. The average molecular weight is 300 g/mol. The van der Waals surface area contributed by atoms with Gasteiger partial charge in [-0.05, 0) is 17.7 Å². The standard InChI is InChI=1S/C17H16O5/c1-17(2)21-15-12(18)8-9-13(14(15)16(19)22-17)20-10-11-6-4-3-5-7-11/h3-9,18H,10H2,1-2H3. The van der Waals surface area contributed by atoms with Gasteiger partial charge >= 0.3 is 5.97 Å². The second-order valence-electron chi connectivity index (χ2n) is 5.45. The molecule has 2 aromatic rings. The molecule has 1 aliphatic rings. The van der Waals surface area contributed by atoms with Gasteiger partial charge in [-0.15, -0.1) is 0 Å². The lowest BCUT2D eigenvalue weighted by Crippen LogP contribution is -2.39. The van der Waals surface area contributed by atoms with Crippen LogP contribution in [0, 0.1) is 0 Å². The minimum absolute atomic E-state index is 0.0896. The van der Waals surface area contributed by atoms with Gasteiger partial charge in [-0.2, -0.15) is 0 Å². The first kappa shape index (κ1) is 14.3. The average Bonchev–Trinajstić information content (AvgIpc) is 2.47. The van der Waals surface area contributed by atoms with Crippen LogP contribution in [0.15, 0.2) is 42.5 Å². The summed E-state index contributed by atoms with van der Waals surface area (Å²) in [6, 6.07) is 12.5. The topological polar surface area (TPSA) is 65.0 Å². The zero-order valence-electron chi connectivity index (χ0n) is 12.3. The Bertz CT molecular complexity index is 706. The molecule has 0 saturated carbocycles. The summed E-state index contributed by atoms with van der Waals surface area (Å²) in [4.78, 5) is 12.2. The molecule has 0 amide bonds. The molecule has 22 heavy (non-hydrogen) atoms. The van der Waals surface area contributed by atoms with Crippen molar-refractivity contribution in [3.8, 4) is 17.2 Å². The maximum absolute atomic E-state index is 12.2. The predicted octanol–water partition coefficient (Wildman–Crippen LogP) is 3.26. The van der Waals surface area contributed by atoms with Crippen molar-refractivity contribution in [3.05, 3.63) is 53.6 Å². The van der Waals surface area contributed by atoms with E-state index in [2.05, 4.69) is 0 Å². The van der Waals surface area contributed by atoms with Crippen LogP contribution in [0.3, 0.4) is 0 Å². The van der Waals surface area contributed by atoms with E-state index in [1.54, 1.807) is 13.8 Å². The lowest BCUT2D eigenvalue weighted by atomic mass is 10.1. The number of benzene rings is 2. The van der Waals surface area contributed by atoms with Crippen molar-refractivity contribution in [1.29, 1.82) is 0 Å². The van der Waals surface area contributed by atoms with Gasteiger partial charge in [-0.25, -0.2) is 4.79 Å². The van der Waals surface area contributed by atoms with Crippen LogP contribution in [-0.4, -0.2) is 16.9 Å². The van der Waals surface area contributed by atoms with Gasteiger partial charge in [-0.3, -0.25) is 0 Å². The van der Waals surface area contributed by atoms with Crippen LogP contribution in [0.4, 0.5) is 0 Å². The van der Waals surface area contributed by atoms with Crippen molar-refractivity contribution in [2.45, 2.75) is 26.2 Å². The first-order chi connectivity index (χ1) is 10.5. The molecule has 2 aromatic carbocycles. The van der Waals surface area contributed by atoms with E-state index < -0.39 is 11.8 Å². The monoisotopic (exact) mass is 300 g/mol. The summed E-state index contributed by atoms with van der Waals surface area (Å²) >= 11 is 0. The Hall–Kier alpha value is -2.69. The largest absolute Gasteiger partial charge is 0.504 e. The number of phenolic OH excluding ortho intramolecular Hbond substituents is 1. The quantitative estimate of drug-likeness (QED) is 0.881.